The van der Waals surface area contributed by atoms with E-state index in [-0.39, 0.29) is 11.9 Å². The Morgan fingerprint density at radius 1 is 1.19 bits per heavy atom. The van der Waals surface area contributed by atoms with Crippen molar-refractivity contribution in [3.8, 4) is 11.4 Å². The van der Waals surface area contributed by atoms with Crippen LogP contribution in [0.2, 0.25) is 0 Å². The third kappa shape index (κ3) is 6.80. The van der Waals surface area contributed by atoms with Crippen LogP contribution in [0.4, 0.5) is 0 Å². The Morgan fingerprint density at radius 3 is 2.59 bits per heavy atom. The summed E-state index contributed by atoms with van der Waals surface area (Å²) in [6.45, 7) is 6.24. The molecule has 3 N–H and O–H groups in total. The molecule has 1 aliphatic heterocycles. The normalized spacial score (nSPS) is 16.5. The predicted molar refractivity (Wildman–Crippen MR) is 127 cm³/mol. The summed E-state index contributed by atoms with van der Waals surface area (Å²) in [4.78, 5) is 11.9. The van der Waals surface area contributed by atoms with Crippen molar-refractivity contribution in [2.45, 2.75) is 71.1 Å². The molecule has 0 amide bonds. The summed E-state index contributed by atoms with van der Waals surface area (Å²) < 4.78 is 5.48. The van der Waals surface area contributed by atoms with Gasteiger partial charge in [-0.05, 0) is 31.7 Å². The predicted octanol–water partition coefficient (Wildman–Crippen LogP) is 4.91. The van der Waals surface area contributed by atoms with Crippen LogP contribution in [-0.4, -0.2) is 46.4 Å². The smallest absolute Gasteiger partial charge is 0.231 e. The number of hydrogen-bond donors (Lipinski definition) is 2. The first kappa shape index (κ1) is 23.8. The second-order valence-electron chi connectivity index (χ2n) is 8.48. The van der Waals surface area contributed by atoms with E-state index in [1.165, 1.54) is 38.5 Å². The molecule has 1 unspecified atom stereocenters. The van der Waals surface area contributed by atoms with Crippen molar-refractivity contribution in [2.24, 2.45) is 10.9 Å². The van der Waals surface area contributed by atoms with Crippen molar-refractivity contribution in [3.63, 3.8) is 0 Å². The van der Waals surface area contributed by atoms with Gasteiger partial charge in [0, 0.05) is 18.7 Å². The SMILES string of the molecule is CCCCCCCCCON=C(C)c1ccc(-c2noc(C3CCN(C(=N)N)C3)n2)cc1. The lowest BCUT2D eigenvalue weighted by atomic mass is 10.1. The zero-order chi connectivity index (χ0) is 22.8. The monoisotopic (exact) mass is 440 g/mol. The van der Waals surface area contributed by atoms with Crippen molar-refractivity contribution in [3.05, 3.63) is 35.7 Å². The number of nitrogens with one attached hydrogen (secondary N) is 1. The van der Waals surface area contributed by atoms with Gasteiger partial charge in [0.2, 0.25) is 11.7 Å². The van der Waals surface area contributed by atoms with Crippen molar-refractivity contribution >= 4 is 11.7 Å². The van der Waals surface area contributed by atoms with Crippen LogP contribution in [0.3, 0.4) is 0 Å². The molecule has 0 spiro atoms. The molecule has 1 atom stereocenters. The van der Waals surface area contributed by atoms with E-state index in [9.17, 15) is 0 Å². The standard InChI is InChI=1S/C24H36N6O2/c1-3-4-5-6-7-8-9-16-31-28-18(2)19-10-12-20(13-11-19)22-27-23(32-29-22)21-14-15-30(17-21)24(25)26/h10-13,21H,3-9,14-17H2,1-2H3,(H3,25,26). The molecule has 2 heterocycles. The van der Waals surface area contributed by atoms with Crippen molar-refractivity contribution < 1.29 is 9.36 Å². The van der Waals surface area contributed by atoms with Gasteiger partial charge >= 0.3 is 0 Å². The molecule has 2 aromatic rings. The average Bonchev–Trinajstić information content (AvgIpc) is 3.48. The van der Waals surface area contributed by atoms with Gasteiger partial charge in [0.25, 0.3) is 0 Å². The molecule has 1 fully saturated rings. The number of nitrogens with zero attached hydrogens (tertiary/aromatic N) is 4. The van der Waals surface area contributed by atoms with Crippen LogP contribution in [0, 0.1) is 5.41 Å². The number of unbranched alkanes of at least 4 members (excludes halogenated alkanes) is 6. The highest BCUT2D eigenvalue weighted by Crippen LogP contribution is 2.27. The Bertz CT molecular complexity index is 877. The molecular formula is C24H36N6O2. The maximum Gasteiger partial charge on any atom is 0.231 e. The Morgan fingerprint density at radius 2 is 1.91 bits per heavy atom. The number of rotatable bonds is 12. The lowest BCUT2D eigenvalue weighted by molar-refractivity contribution is 0.139. The minimum atomic E-state index is 0.0891. The second-order valence-corrected chi connectivity index (χ2v) is 8.48. The topological polar surface area (TPSA) is 114 Å². The van der Waals surface area contributed by atoms with Crippen molar-refractivity contribution in [1.29, 1.82) is 5.41 Å². The Labute approximate surface area is 190 Å². The van der Waals surface area contributed by atoms with E-state index in [0.717, 1.165) is 36.2 Å². The number of benzene rings is 1. The minimum absolute atomic E-state index is 0.0891. The van der Waals surface area contributed by atoms with Gasteiger partial charge in [-0.25, -0.2) is 0 Å². The fourth-order valence-corrected chi connectivity index (χ4v) is 3.88. The zero-order valence-electron chi connectivity index (χ0n) is 19.3. The number of nitrogens with two attached hydrogens (primary N) is 1. The molecular weight excluding hydrogens is 404 g/mol. The summed E-state index contributed by atoms with van der Waals surface area (Å²) >= 11 is 0. The van der Waals surface area contributed by atoms with Crippen LogP contribution in [0.15, 0.2) is 33.9 Å². The minimum Gasteiger partial charge on any atom is -0.396 e. The van der Waals surface area contributed by atoms with Crippen molar-refractivity contribution in [1.82, 2.24) is 15.0 Å². The summed E-state index contributed by atoms with van der Waals surface area (Å²) in [5, 5.41) is 15.9. The lowest BCUT2D eigenvalue weighted by Crippen LogP contribution is -2.34. The van der Waals surface area contributed by atoms with Gasteiger partial charge in [-0.2, -0.15) is 4.98 Å². The molecule has 3 rings (SSSR count). The van der Waals surface area contributed by atoms with Crippen LogP contribution < -0.4 is 5.73 Å². The third-order valence-corrected chi connectivity index (χ3v) is 5.92. The Kier molecular flexibility index (Phi) is 9.07. The summed E-state index contributed by atoms with van der Waals surface area (Å²) in [6, 6.07) is 7.92. The summed E-state index contributed by atoms with van der Waals surface area (Å²) in [7, 11) is 0. The maximum absolute atomic E-state index is 7.56. The van der Waals surface area contributed by atoms with Crippen LogP contribution in [0.5, 0.6) is 0 Å². The van der Waals surface area contributed by atoms with E-state index in [2.05, 4.69) is 22.2 Å². The van der Waals surface area contributed by atoms with Crippen LogP contribution in [0.25, 0.3) is 11.4 Å². The molecule has 174 valence electrons. The number of aromatic nitrogens is 2. The van der Waals surface area contributed by atoms with E-state index in [4.69, 9.17) is 20.5 Å². The fraction of sp³-hybridized carbons (Fsp3) is 0.583. The molecule has 0 aliphatic carbocycles. The second kappa shape index (κ2) is 12.2. The van der Waals surface area contributed by atoms with E-state index >= 15 is 0 Å². The molecule has 1 aromatic carbocycles. The molecule has 8 heteroatoms. The van der Waals surface area contributed by atoms with Gasteiger partial charge in [-0.1, -0.05) is 73.6 Å². The van der Waals surface area contributed by atoms with Crippen molar-refractivity contribution in [2.75, 3.05) is 19.7 Å². The average molecular weight is 441 g/mol. The first-order chi connectivity index (χ1) is 15.6. The van der Waals surface area contributed by atoms with E-state index in [0.29, 0.717) is 24.9 Å². The van der Waals surface area contributed by atoms with Gasteiger partial charge in [-0.15, -0.1) is 0 Å². The van der Waals surface area contributed by atoms with Crippen LogP contribution in [0.1, 0.15) is 82.6 Å². The molecule has 1 aromatic heterocycles. The molecule has 0 saturated carbocycles. The van der Waals surface area contributed by atoms with Gasteiger partial charge in [0.05, 0.1) is 11.6 Å². The highest BCUT2D eigenvalue weighted by Gasteiger charge is 2.29. The summed E-state index contributed by atoms with van der Waals surface area (Å²) in [5.74, 6) is 1.37. The number of likely N-dealkylation sites (tertiary alicyclic amines) is 1. The van der Waals surface area contributed by atoms with Gasteiger partial charge in [0.15, 0.2) is 5.96 Å². The highest BCUT2D eigenvalue weighted by atomic mass is 16.6. The lowest BCUT2D eigenvalue weighted by Gasteiger charge is -2.14. The molecule has 8 nitrogen and oxygen atoms in total. The van der Waals surface area contributed by atoms with Gasteiger partial charge in [-0.3, -0.25) is 5.41 Å². The number of guanidine groups is 1. The van der Waals surface area contributed by atoms with E-state index < -0.39 is 0 Å². The summed E-state index contributed by atoms with van der Waals surface area (Å²) in [6.07, 6.45) is 9.68. The largest absolute Gasteiger partial charge is 0.396 e. The molecule has 0 bridgehead atoms. The van der Waals surface area contributed by atoms with Crippen LogP contribution >= 0.6 is 0 Å². The number of hydrogen-bond acceptors (Lipinski definition) is 6. The molecule has 32 heavy (non-hydrogen) atoms. The van der Waals surface area contributed by atoms with Gasteiger partial charge < -0.3 is 20.0 Å². The van der Waals surface area contributed by atoms with E-state index in [1.807, 2.05) is 36.1 Å². The Hall–Kier alpha value is -2.90. The van der Waals surface area contributed by atoms with Crippen LogP contribution in [-0.2, 0) is 4.84 Å². The first-order valence-corrected chi connectivity index (χ1v) is 11.8. The maximum atomic E-state index is 7.56. The zero-order valence-corrected chi connectivity index (χ0v) is 19.3. The molecule has 1 aliphatic rings. The highest BCUT2D eigenvalue weighted by molar-refractivity contribution is 5.98. The van der Waals surface area contributed by atoms with E-state index in [1.54, 1.807) is 0 Å². The number of oxime groups is 1. The Balaban J connectivity index is 1.45. The summed E-state index contributed by atoms with van der Waals surface area (Å²) in [5.41, 5.74) is 8.31. The van der Waals surface area contributed by atoms with Gasteiger partial charge in [0.1, 0.15) is 6.61 Å². The molecule has 1 saturated heterocycles. The first-order valence-electron chi connectivity index (χ1n) is 11.8. The molecule has 0 radical (unpaired) electrons. The fourth-order valence-electron chi connectivity index (χ4n) is 3.88. The third-order valence-electron chi connectivity index (χ3n) is 5.92. The quantitative estimate of drug-likeness (QED) is 0.210.